The molecule has 4 rings (SSSR count). The average molecular weight is 458 g/mol. The lowest BCUT2D eigenvalue weighted by Crippen LogP contribution is -2.37. The van der Waals surface area contributed by atoms with Crippen molar-refractivity contribution in [3.05, 3.63) is 75.6 Å². The van der Waals surface area contributed by atoms with Crippen LogP contribution >= 0.6 is 0 Å². The number of nitrogens with one attached hydrogen (secondary N) is 1. The summed E-state index contributed by atoms with van der Waals surface area (Å²) in [5.41, 5.74) is 3.25. The van der Waals surface area contributed by atoms with Crippen molar-refractivity contribution in [3.8, 4) is 17.0 Å². The van der Waals surface area contributed by atoms with Crippen LogP contribution in [-0.2, 0) is 24.9 Å². The normalized spacial score (nSPS) is 14.7. The zero-order valence-corrected chi connectivity index (χ0v) is 18.7. The Hall–Kier alpha value is -3.20. The van der Waals surface area contributed by atoms with Gasteiger partial charge in [0.15, 0.2) is 0 Å². The second-order valence-electron chi connectivity index (χ2n) is 9.18. The predicted molar refractivity (Wildman–Crippen MR) is 118 cm³/mol. The molecule has 1 aliphatic rings. The van der Waals surface area contributed by atoms with Gasteiger partial charge in [-0.25, -0.2) is 4.98 Å². The van der Waals surface area contributed by atoms with E-state index in [0.29, 0.717) is 42.2 Å². The third-order valence-corrected chi connectivity index (χ3v) is 5.45. The molecule has 0 radical (unpaired) electrons. The summed E-state index contributed by atoms with van der Waals surface area (Å²) in [5.74, 6) is 0.412. The van der Waals surface area contributed by atoms with Crippen molar-refractivity contribution in [2.75, 3.05) is 6.54 Å². The van der Waals surface area contributed by atoms with E-state index in [1.807, 2.05) is 26.8 Å². The predicted octanol–water partition coefficient (Wildman–Crippen LogP) is 4.59. The van der Waals surface area contributed by atoms with Crippen molar-refractivity contribution in [2.45, 2.75) is 52.1 Å². The topological polar surface area (TPSA) is 71.1 Å². The molecule has 0 spiro atoms. The van der Waals surface area contributed by atoms with Gasteiger partial charge in [-0.1, -0.05) is 39.0 Å². The number of rotatable bonds is 4. The molecule has 1 aliphatic heterocycles. The summed E-state index contributed by atoms with van der Waals surface area (Å²) in [6.45, 7) is 7.92. The fourth-order valence-electron chi connectivity index (χ4n) is 3.77. The van der Waals surface area contributed by atoms with E-state index >= 15 is 0 Å². The van der Waals surface area contributed by atoms with Crippen LogP contribution in [0.1, 0.15) is 43.4 Å². The van der Waals surface area contributed by atoms with E-state index in [9.17, 15) is 18.0 Å². The molecule has 6 nitrogen and oxygen atoms in total. The first kappa shape index (κ1) is 23.0. The van der Waals surface area contributed by atoms with Gasteiger partial charge < -0.3 is 9.72 Å². The molecular formula is C24H25F3N4O2. The lowest BCUT2D eigenvalue weighted by atomic mass is 9.95. The average Bonchev–Trinajstić information content (AvgIpc) is 2.73. The first-order chi connectivity index (χ1) is 15.5. The molecule has 0 unspecified atom stereocenters. The zero-order chi connectivity index (χ0) is 23.8. The molecule has 0 atom stereocenters. The molecule has 3 heterocycles. The van der Waals surface area contributed by atoms with Crippen LogP contribution in [0.2, 0.25) is 0 Å². The summed E-state index contributed by atoms with van der Waals surface area (Å²) in [6.07, 6.45) is -2.35. The van der Waals surface area contributed by atoms with Crippen LogP contribution in [0.25, 0.3) is 11.3 Å². The number of alkyl halides is 3. The summed E-state index contributed by atoms with van der Waals surface area (Å²) in [4.78, 5) is 26.8. The third kappa shape index (κ3) is 5.60. The Bertz CT molecular complexity index is 1200. The number of aromatic nitrogens is 3. The maximum atomic E-state index is 12.6. The standard InChI is InChI=1S/C24H25F3N4O2/c1-23(2,3)22-29-20-9-10-31(14-18(20)21(32)30-22)13-15-7-8-19(28-12-15)16-5-4-6-17(11-16)33-24(25,26)27/h4-8,11-12H,9-10,13-14H2,1-3H3,(H,29,30,32). The van der Waals surface area contributed by atoms with Crippen molar-refractivity contribution >= 4 is 0 Å². The zero-order valence-electron chi connectivity index (χ0n) is 18.7. The number of fused-ring (bicyclic) bond motifs is 1. The Morgan fingerprint density at radius 2 is 1.94 bits per heavy atom. The Morgan fingerprint density at radius 1 is 1.15 bits per heavy atom. The monoisotopic (exact) mass is 458 g/mol. The number of aromatic amines is 1. The molecule has 33 heavy (non-hydrogen) atoms. The lowest BCUT2D eigenvalue weighted by Gasteiger charge is -2.28. The van der Waals surface area contributed by atoms with E-state index in [-0.39, 0.29) is 16.7 Å². The molecule has 2 aromatic heterocycles. The molecule has 3 aromatic rings. The van der Waals surface area contributed by atoms with Crippen LogP contribution in [0.15, 0.2) is 47.4 Å². The second kappa shape index (κ2) is 8.62. The van der Waals surface area contributed by atoms with Crippen molar-refractivity contribution < 1.29 is 17.9 Å². The maximum absolute atomic E-state index is 12.6. The first-order valence-corrected chi connectivity index (χ1v) is 10.6. The molecule has 0 fully saturated rings. The van der Waals surface area contributed by atoms with Gasteiger partial charge >= 0.3 is 6.36 Å². The van der Waals surface area contributed by atoms with Crippen LogP contribution in [0.4, 0.5) is 13.2 Å². The fraction of sp³-hybridized carbons (Fsp3) is 0.375. The van der Waals surface area contributed by atoms with Crippen molar-refractivity contribution in [1.82, 2.24) is 19.9 Å². The highest BCUT2D eigenvalue weighted by Crippen LogP contribution is 2.27. The van der Waals surface area contributed by atoms with Gasteiger partial charge in [-0.05, 0) is 23.8 Å². The molecule has 174 valence electrons. The number of halogens is 3. The minimum absolute atomic E-state index is 0.0935. The minimum atomic E-state index is -4.74. The van der Waals surface area contributed by atoms with Gasteiger partial charge in [-0.15, -0.1) is 13.2 Å². The minimum Gasteiger partial charge on any atom is -0.406 e. The number of pyridine rings is 1. The number of hydrogen-bond acceptors (Lipinski definition) is 5. The molecule has 9 heteroatoms. The summed E-state index contributed by atoms with van der Waals surface area (Å²) >= 11 is 0. The Morgan fingerprint density at radius 3 is 2.61 bits per heavy atom. The van der Waals surface area contributed by atoms with Gasteiger partial charge in [0.2, 0.25) is 0 Å². The van der Waals surface area contributed by atoms with Gasteiger partial charge in [0.1, 0.15) is 11.6 Å². The Kier molecular flexibility index (Phi) is 6.00. The fourth-order valence-corrected chi connectivity index (χ4v) is 3.77. The molecule has 0 saturated heterocycles. The van der Waals surface area contributed by atoms with Gasteiger partial charge in [-0.3, -0.25) is 14.7 Å². The van der Waals surface area contributed by atoms with E-state index in [4.69, 9.17) is 0 Å². The van der Waals surface area contributed by atoms with E-state index in [2.05, 4.69) is 24.6 Å². The summed E-state index contributed by atoms with van der Waals surface area (Å²) in [6, 6.07) is 9.39. The Labute approximate surface area is 189 Å². The summed E-state index contributed by atoms with van der Waals surface area (Å²) in [5, 5.41) is 0. The second-order valence-corrected chi connectivity index (χ2v) is 9.18. The highest BCUT2D eigenvalue weighted by Gasteiger charge is 2.31. The molecule has 1 N–H and O–H groups in total. The van der Waals surface area contributed by atoms with Gasteiger partial charge in [0, 0.05) is 43.2 Å². The molecule has 0 amide bonds. The van der Waals surface area contributed by atoms with Crippen LogP contribution in [0.3, 0.4) is 0 Å². The number of H-pyrrole nitrogens is 1. The Balaban J connectivity index is 1.46. The van der Waals surface area contributed by atoms with Crippen LogP contribution in [-0.4, -0.2) is 32.8 Å². The summed E-state index contributed by atoms with van der Waals surface area (Å²) < 4.78 is 41.4. The van der Waals surface area contributed by atoms with Crippen molar-refractivity contribution in [3.63, 3.8) is 0 Å². The number of benzene rings is 1. The van der Waals surface area contributed by atoms with Crippen LogP contribution < -0.4 is 10.3 Å². The smallest absolute Gasteiger partial charge is 0.406 e. The van der Waals surface area contributed by atoms with Crippen molar-refractivity contribution in [2.24, 2.45) is 0 Å². The quantitative estimate of drug-likeness (QED) is 0.620. The first-order valence-electron chi connectivity index (χ1n) is 10.6. The maximum Gasteiger partial charge on any atom is 0.573 e. The summed E-state index contributed by atoms with van der Waals surface area (Å²) in [7, 11) is 0. The number of ether oxygens (including phenoxy) is 1. The third-order valence-electron chi connectivity index (χ3n) is 5.45. The van der Waals surface area contributed by atoms with E-state index in [1.54, 1.807) is 18.3 Å². The van der Waals surface area contributed by atoms with Crippen LogP contribution in [0.5, 0.6) is 5.75 Å². The number of hydrogen-bond donors (Lipinski definition) is 1. The van der Waals surface area contributed by atoms with Crippen LogP contribution in [0, 0.1) is 0 Å². The largest absolute Gasteiger partial charge is 0.573 e. The van der Waals surface area contributed by atoms with Gasteiger partial charge in [0.05, 0.1) is 17.0 Å². The van der Waals surface area contributed by atoms with E-state index in [1.165, 1.54) is 18.2 Å². The van der Waals surface area contributed by atoms with Crippen molar-refractivity contribution in [1.29, 1.82) is 0 Å². The number of nitrogens with zero attached hydrogens (tertiary/aromatic N) is 3. The van der Waals surface area contributed by atoms with E-state index < -0.39 is 6.36 Å². The highest BCUT2D eigenvalue weighted by molar-refractivity contribution is 5.61. The van der Waals surface area contributed by atoms with Gasteiger partial charge in [0.25, 0.3) is 5.56 Å². The highest BCUT2D eigenvalue weighted by atomic mass is 19.4. The SMILES string of the molecule is CC(C)(C)c1nc2c(c(=O)[nH]1)CN(Cc1ccc(-c3cccc(OC(F)(F)F)c3)nc1)CC2. The molecule has 0 saturated carbocycles. The lowest BCUT2D eigenvalue weighted by molar-refractivity contribution is -0.274. The molecular weight excluding hydrogens is 433 g/mol. The van der Waals surface area contributed by atoms with E-state index in [0.717, 1.165) is 17.8 Å². The van der Waals surface area contributed by atoms with Gasteiger partial charge in [-0.2, -0.15) is 0 Å². The molecule has 0 aliphatic carbocycles. The molecule has 0 bridgehead atoms. The molecule has 1 aromatic carbocycles.